The van der Waals surface area contributed by atoms with Crippen molar-refractivity contribution >= 4 is 39.1 Å². The number of halogens is 4. The molecule has 0 saturated heterocycles. The van der Waals surface area contributed by atoms with Gasteiger partial charge in [0.05, 0.1) is 5.33 Å². The maximum atomic E-state index is 12.9. The Hall–Kier alpha value is -0.940. The zero-order valence-corrected chi connectivity index (χ0v) is 10.8. The molecule has 0 aliphatic rings. The van der Waals surface area contributed by atoms with Gasteiger partial charge < -0.3 is 5.11 Å². The van der Waals surface area contributed by atoms with E-state index < -0.39 is 22.8 Å². The van der Waals surface area contributed by atoms with Gasteiger partial charge in [-0.05, 0) is 24.3 Å². The molecule has 0 radical (unpaired) electrons. The summed E-state index contributed by atoms with van der Waals surface area (Å²) in [6.45, 7) is 0. The van der Waals surface area contributed by atoms with Crippen LogP contribution in [0.15, 0.2) is 30.3 Å². The number of aliphatic hydroxyl groups is 1. The van der Waals surface area contributed by atoms with E-state index in [4.69, 9.17) is 11.6 Å². The molecule has 0 spiro atoms. The van der Waals surface area contributed by atoms with Gasteiger partial charge in [0.1, 0.15) is 5.76 Å². The number of carbonyl (C=O) groups excluding carboxylic acids is 1. The first-order chi connectivity index (χ1) is 7.86. The molecule has 0 amide bonds. The molecule has 1 aromatic carbocycles. The summed E-state index contributed by atoms with van der Waals surface area (Å²) in [7, 11) is 0. The van der Waals surface area contributed by atoms with E-state index in [1.807, 2.05) is 0 Å². The first kappa shape index (κ1) is 14.1. The lowest BCUT2D eigenvalue weighted by atomic mass is 10.1. The Labute approximate surface area is 110 Å². The van der Waals surface area contributed by atoms with Crippen LogP contribution in [0.1, 0.15) is 5.56 Å². The molecule has 0 aliphatic heterocycles. The second kappa shape index (κ2) is 5.60. The van der Waals surface area contributed by atoms with E-state index >= 15 is 0 Å². The summed E-state index contributed by atoms with van der Waals surface area (Å²) in [6, 6.07) is 5.81. The van der Waals surface area contributed by atoms with Crippen LogP contribution in [-0.4, -0.2) is 22.1 Å². The van der Waals surface area contributed by atoms with Crippen LogP contribution in [0.2, 0.25) is 5.02 Å². The van der Waals surface area contributed by atoms with E-state index in [-0.39, 0.29) is 5.56 Å². The molecule has 1 aromatic rings. The highest BCUT2D eigenvalue weighted by Gasteiger charge is 2.35. The number of carbonyl (C=O) groups is 1. The highest BCUT2D eigenvalue weighted by molar-refractivity contribution is 9.09. The predicted molar refractivity (Wildman–Crippen MR) is 65.8 cm³/mol. The Balaban J connectivity index is 2.93. The zero-order valence-electron chi connectivity index (χ0n) is 8.46. The van der Waals surface area contributed by atoms with Crippen molar-refractivity contribution in [3.05, 3.63) is 40.9 Å². The maximum absolute atomic E-state index is 12.9. The summed E-state index contributed by atoms with van der Waals surface area (Å²) in [6.07, 6.45) is 0.504. The molecule has 0 saturated carbocycles. The molecule has 1 rings (SSSR count). The van der Waals surface area contributed by atoms with Gasteiger partial charge >= 0.3 is 5.92 Å². The average molecular weight is 326 g/mol. The van der Waals surface area contributed by atoms with Gasteiger partial charge in [0.15, 0.2) is 0 Å². The van der Waals surface area contributed by atoms with Gasteiger partial charge in [-0.25, -0.2) is 0 Å². The molecular weight excluding hydrogens is 317 g/mol. The van der Waals surface area contributed by atoms with Crippen molar-refractivity contribution in [2.24, 2.45) is 0 Å². The van der Waals surface area contributed by atoms with Crippen LogP contribution in [0.3, 0.4) is 0 Å². The van der Waals surface area contributed by atoms with Crippen molar-refractivity contribution in [3.63, 3.8) is 0 Å². The Kier molecular flexibility index (Phi) is 4.65. The van der Waals surface area contributed by atoms with Gasteiger partial charge in [-0.1, -0.05) is 27.5 Å². The number of benzene rings is 1. The second-order valence-electron chi connectivity index (χ2n) is 3.24. The minimum atomic E-state index is -3.53. The number of rotatable bonds is 4. The third kappa shape index (κ3) is 3.78. The molecule has 0 aromatic heterocycles. The number of aliphatic hydroxyl groups excluding tert-OH is 1. The molecule has 92 valence electrons. The van der Waals surface area contributed by atoms with Gasteiger partial charge in [-0.2, -0.15) is 8.78 Å². The number of hydrogen-bond donors (Lipinski definition) is 1. The quantitative estimate of drug-likeness (QED) is 0.519. The molecule has 0 unspecified atom stereocenters. The van der Waals surface area contributed by atoms with E-state index in [0.29, 0.717) is 11.1 Å². The molecule has 17 heavy (non-hydrogen) atoms. The maximum Gasteiger partial charge on any atom is 0.318 e. The fourth-order valence-electron chi connectivity index (χ4n) is 1.000. The van der Waals surface area contributed by atoms with E-state index in [1.54, 1.807) is 0 Å². The molecule has 0 atom stereocenters. The van der Waals surface area contributed by atoms with Gasteiger partial charge in [0, 0.05) is 16.7 Å². The van der Waals surface area contributed by atoms with Crippen LogP contribution < -0.4 is 0 Å². The standard InChI is InChI=1S/C11H8BrClF2O2/c12-6-11(14,15)10(17)5-9(16)7-1-3-8(13)4-2-7/h1-5,16H,6H2/b9-5-. The third-order valence-electron chi connectivity index (χ3n) is 1.94. The molecule has 2 nitrogen and oxygen atoms in total. The Morgan fingerprint density at radius 3 is 2.41 bits per heavy atom. The minimum absolute atomic E-state index is 0.244. The number of alkyl halides is 3. The summed E-state index contributed by atoms with van der Waals surface area (Å²) in [5.41, 5.74) is 0.244. The predicted octanol–water partition coefficient (Wildman–Crippen LogP) is 3.84. The van der Waals surface area contributed by atoms with Gasteiger partial charge in [-0.3, -0.25) is 4.79 Å². The van der Waals surface area contributed by atoms with Crippen LogP contribution >= 0.6 is 27.5 Å². The SMILES string of the molecule is O=C(/C=C(\O)c1ccc(Cl)cc1)C(F)(F)CBr. The topological polar surface area (TPSA) is 37.3 Å². The minimum Gasteiger partial charge on any atom is -0.507 e. The van der Waals surface area contributed by atoms with Crippen LogP contribution in [0, 0.1) is 0 Å². The highest BCUT2D eigenvalue weighted by atomic mass is 79.9. The monoisotopic (exact) mass is 324 g/mol. The summed E-state index contributed by atoms with van der Waals surface area (Å²) in [5, 5.41) is 9.14. The fourth-order valence-corrected chi connectivity index (χ4v) is 1.40. The van der Waals surface area contributed by atoms with Crippen LogP contribution in [0.5, 0.6) is 0 Å². The normalized spacial score (nSPS) is 12.6. The van der Waals surface area contributed by atoms with Crippen molar-refractivity contribution in [2.45, 2.75) is 5.92 Å². The van der Waals surface area contributed by atoms with Crippen molar-refractivity contribution < 1.29 is 18.7 Å². The summed E-state index contributed by atoms with van der Waals surface area (Å²) >= 11 is 8.15. The van der Waals surface area contributed by atoms with Crippen molar-refractivity contribution in [2.75, 3.05) is 5.33 Å². The molecule has 1 N–H and O–H groups in total. The van der Waals surface area contributed by atoms with Gasteiger partial charge in [0.25, 0.3) is 0 Å². The molecule has 6 heteroatoms. The number of allylic oxidation sites excluding steroid dienone is 1. The fraction of sp³-hybridized carbons (Fsp3) is 0.182. The van der Waals surface area contributed by atoms with Crippen molar-refractivity contribution in [1.29, 1.82) is 0 Å². The van der Waals surface area contributed by atoms with Crippen LogP contribution in [0.25, 0.3) is 5.76 Å². The van der Waals surface area contributed by atoms with E-state index in [1.165, 1.54) is 24.3 Å². The van der Waals surface area contributed by atoms with Crippen molar-refractivity contribution in [1.82, 2.24) is 0 Å². The third-order valence-corrected chi connectivity index (χ3v) is 2.89. The number of ketones is 1. The summed E-state index contributed by atoms with van der Waals surface area (Å²) in [4.78, 5) is 11.1. The van der Waals surface area contributed by atoms with Crippen LogP contribution in [0.4, 0.5) is 8.78 Å². The summed E-state index contributed by atoms with van der Waals surface area (Å²) < 4.78 is 25.8. The Morgan fingerprint density at radius 2 is 1.94 bits per heavy atom. The first-order valence-electron chi connectivity index (χ1n) is 4.51. The molecule has 0 fully saturated rings. The molecule has 0 aliphatic carbocycles. The van der Waals surface area contributed by atoms with E-state index in [2.05, 4.69) is 15.9 Å². The molecular formula is C11H8BrClF2O2. The van der Waals surface area contributed by atoms with Gasteiger partial charge in [0.2, 0.25) is 5.78 Å². The first-order valence-corrected chi connectivity index (χ1v) is 6.01. The summed E-state index contributed by atoms with van der Waals surface area (Å²) in [5.74, 6) is -5.51. The smallest absolute Gasteiger partial charge is 0.318 e. The Bertz CT molecular complexity index is 443. The van der Waals surface area contributed by atoms with E-state index in [9.17, 15) is 18.7 Å². The largest absolute Gasteiger partial charge is 0.507 e. The molecule has 0 heterocycles. The average Bonchev–Trinajstić information content (AvgIpc) is 2.29. The lowest BCUT2D eigenvalue weighted by molar-refractivity contribution is -0.134. The van der Waals surface area contributed by atoms with Gasteiger partial charge in [-0.15, -0.1) is 0 Å². The zero-order chi connectivity index (χ0) is 13.1. The number of hydrogen-bond acceptors (Lipinski definition) is 2. The Morgan fingerprint density at radius 1 is 1.41 bits per heavy atom. The second-order valence-corrected chi connectivity index (χ2v) is 4.24. The van der Waals surface area contributed by atoms with Crippen LogP contribution in [-0.2, 0) is 4.79 Å². The van der Waals surface area contributed by atoms with E-state index in [0.717, 1.165) is 0 Å². The molecule has 0 bridgehead atoms. The lowest BCUT2D eigenvalue weighted by Gasteiger charge is -2.08. The van der Waals surface area contributed by atoms with Crippen molar-refractivity contribution in [3.8, 4) is 0 Å². The lowest BCUT2D eigenvalue weighted by Crippen LogP contribution is -2.28. The highest BCUT2D eigenvalue weighted by Crippen LogP contribution is 2.21.